The fourth-order valence-electron chi connectivity index (χ4n) is 1.99. The van der Waals surface area contributed by atoms with E-state index in [0.717, 1.165) is 36.0 Å². The van der Waals surface area contributed by atoms with E-state index in [1.165, 1.54) is 12.8 Å². The standard InChI is InChI=1S/C14H22BrNO2/c1-10-11(2)18-12(3)13(10)14(17)16-9-7-5-4-6-8-15/h4-9H2,1-3H3,(H,16,17). The first-order valence-electron chi connectivity index (χ1n) is 6.48. The first-order chi connectivity index (χ1) is 8.57. The highest BCUT2D eigenvalue weighted by molar-refractivity contribution is 9.09. The van der Waals surface area contributed by atoms with Gasteiger partial charge in [-0.2, -0.15) is 0 Å². The smallest absolute Gasteiger partial charge is 0.255 e. The summed E-state index contributed by atoms with van der Waals surface area (Å²) in [4.78, 5) is 12.0. The number of nitrogens with one attached hydrogen (secondary N) is 1. The molecule has 3 nitrogen and oxygen atoms in total. The van der Waals surface area contributed by atoms with Crippen LogP contribution in [0.5, 0.6) is 0 Å². The number of aryl methyl sites for hydroxylation is 2. The minimum atomic E-state index is -0.0117. The van der Waals surface area contributed by atoms with Crippen LogP contribution >= 0.6 is 15.9 Å². The predicted molar refractivity (Wildman–Crippen MR) is 77.5 cm³/mol. The van der Waals surface area contributed by atoms with Gasteiger partial charge < -0.3 is 9.73 Å². The number of furan rings is 1. The van der Waals surface area contributed by atoms with Crippen LogP contribution in [0.15, 0.2) is 4.42 Å². The number of amides is 1. The molecule has 0 aliphatic heterocycles. The maximum Gasteiger partial charge on any atom is 0.255 e. The molecule has 0 aliphatic rings. The van der Waals surface area contributed by atoms with E-state index in [1.807, 2.05) is 20.8 Å². The van der Waals surface area contributed by atoms with Crippen LogP contribution < -0.4 is 5.32 Å². The Labute approximate surface area is 117 Å². The molecular formula is C14H22BrNO2. The Morgan fingerprint density at radius 1 is 1.11 bits per heavy atom. The molecule has 0 unspecified atom stereocenters. The van der Waals surface area contributed by atoms with E-state index < -0.39 is 0 Å². The summed E-state index contributed by atoms with van der Waals surface area (Å²) in [6, 6.07) is 0. The van der Waals surface area contributed by atoms with Crippen molar-refractivity contribution >= 4 is 21.8 Å². The second kappa shape index (κ2) is 7.62. The monoisotopic (exact) mass is 315 g/mol. The predicted octanol–water partition coefficient (Wildman–Crippen LogP) is 3.89. The Morgan fingerprint density at radius 3 is 2.33 bits per heavy atom. The number of hydrogen-bond donors (Lipinski definition) is 1. The van der Waals surface area contributed by atoms with E-state index in [4.69, 9.17) is 4.42 Å². The average molecular weight is 316 g/mol. The minimum absolute atomic E-state index is 0.0117. The highest BCUT2D eigenvalue weighted by Crippen LogP contribution is 2.20. The van der Waals surface area contributed by atoms with Crippen LogP contribution in [-0.2, 0) is 0 Å². The van der Waals surface area contributed by atoms with Gasteiger partial charge in [0.2, 0.25) is 0 Å². The van der Waals surface area contributed by atoms with Gasteiger partial charge in [0.1, 0.15) is 11.5 Å². The summed E-state index contributed by atoms with van der Waals surface area (Å²) in [6.07, 6.45) is 4.61. The van der Waals surface area contributed by atoms with Gasteiger partial charge in [-0.25, -0.2) is 0 Å². The Morgan fingerprint density at radius 2 is 1.78 bits per heavy atom. The molecule has 0 radical (unpaired) electrons. The molecule has 102 valence electrons. The number of carbonyl (C=O) groups excluding carboxylic acids is 1. The van der Waals surface area contributed by atoms with Crippen molar-refractivity contribution in [2.24, 2.45) is 0 Å². The zero-order chi connectivity index (χ0) is 13.5. The van der Waals surface area contributed by atoms with E-state index in [-0.39, 0.29) is 5.91 Å². The van der Waals surface area contributed by atoms with Gasteiger partial charge >= 0.3 is 0 Å². The quantitative estimate of drug-likeness (QED) is 0.612. The van der Waals surface area contributed by atoms with Crippen molar-refractivity contribution in [3.8, 4) is 0 Å². The molecular weight excluding hydrogens is 294 g/mol. The molecule has 0 saturated carbocycles. The van der Waals surface area contributed by atoms with Gasteiger partial charge in [0.15, 0.2) is 0 Å². The normalized spacial score (nSPS) is 10.7. The van der Waals surface area contributed by atoms with Crippen LogP contribution in [0, 0.1) is 20.8 Å². The van der Waals surface area contributed by atoms with E-state index in [2.05, 4.69) is 21.2 Å². The SMILES string of the molecule is Cc1oc(C)c(C(=O)NCCCCCCBr)c1C. The lowest BCUT2D eigenvalue weighted by Gasteiger charge is -2.05. The van der Waals surface area contributed by atoms with Crippen molar-refractivity contribution in [1.29, 1.82) is 0 Å². The third-order valence-corrected chi connectivity index (χ3v) is 3.70. The van der Waals surface area contributed by atoms with Gasteiger partial charge in [-0.3, -0.25) is 4.79 Å². The van der Waals surface area contributed by atoms with E-state index in [0.29, 0.717) is 11.3 Å². The molecule has 1 rings (SSSR count). The zero-order valence-electron chi connectivity index (χ0n) is 11.4. The minimum Gasteiger partial charge on any atom is -0.466 e. The molecule has 18 heavy (non-hydrogen) atoms. The summed E-state index contributed by atoms with van der Waals surface area (Å²) in [5, 5.41) is 4.02. The summed E-state index contributed by atoms with van der Waals surface area (Å²) < 4.78 is 5.46. The summed E-state index contributed by atoms with van der Waals surface area (Å²) in [5.74, 6) is 1.53. The Hall–Kier alpha value is -0.770. The maximum absolute atomic E-state index is 12.0. The molecule has 1 aromatic rings. The maximum atomic E-state index is 12.0. The molecule has 0 spiro atoms. The van der Waals surface area contributed by atoms with Gasteiger partial charge in [-0.05, 0) is 33.6 Å². The molecule has 0 bridgehead atoms. The van der Waals surface area contributed by atoms with Crippen LogP contribution in [0.4, 0.5) is 0 Å². The van der Waals surface area contributed by atoms with Crippen molar-refractivity contribution in [3.63, 3.8) is 0 Å². The molecule has 0 aliphatic carbocycles. The first kappa shape index (κ1) is 15.3. The number of halogens is 1. The number of rotatable bonds is 7. The van der Waals surface area contributed by atoms with E-state index in [9.17, 15) is 4.79 Å². The van der Waals surface area contributed by atoms with Crippen molar-refractivity contribution in [3.05, 3.63) is 22.6 Å². The molecule has 0 atom stereocenters. The lowest BCUT2D eigenvalue weighted by Crippen LogP contribution is -2.25. The van der Waals surface area contributed by atoms with Gasteiger partial charge in [-0.1, -0.05) is 28.8 Å². The van der Waals surface area contributed by atoms with Crippen molar-refractivity contribution in [2.45, 2.75) is 46.5 Å². The molecule has 4 heteroatoms. The summed E-state index contributed by atoms with van der Waals surface area (Å²) in [6.45, 7) is 6.39. The van der Waals surface area contributed by atoms with Gasteiger partial charge in [0, 0.05) is 17.4 Å². The van der Waals surface area contributed by atoms with Crippen LogP contribution in [0.3, 0.4) is 0 Å². The zero-order valence-corrected chi connectivity index (χ0v) is 13.0. The molecule has 1 aromatic heterocycles. The van der Waals surface area contributed by atoms with Crippen LogP contribution in [0.1, 0.15) is 53.1 Å². The largest absolute Gasteiger partial charge is 0.466 e. The summed E-state index contributed by atoms with van der Waals surface area (Å²) in [5.41, 5.74) is 1.65. The first-order valence-corrected chi connectivity index (χ1v) is 7.60. The number of carbonyl (C=O) groups is 1. The lowest BCUT2D eigenvalue weighted by atomic mass is 10.1. The molecule has 0 saturated heterocycles. The van der Waals surface area contributed by atoms with Crippen LogP contribution in [0.2, 0.25) is 0 Å². The Balaban J connectivity index is 2.37. The Bertz CT molecular complexity index is 399. The Kier molecular flexibility index (Phi) is 6.47. The van der Waals surface area contributed by atoms with Gasteiger partial charge in [0.25, 0.3) is 5.91 Å². The highest BCUT2D eigenvalue weighted by Gasteiger charge is 2.17. The number of alkyl halides is 1. The van der Waals surface area contributed by atoms with E-state index in [1.54, 1.807) is 0 Å². The van der Waals surface area contributed by atoms with Crippen LogP contribution in [0.25, 0.3) is 0 Å². The summed E-state index contributed by atoms with van der Waals surface area (Å²) in [7, 11) is 0. The van der Waals surface area contributed by atoms with Crippen LogP contribution in [-0.4, -0.2) is 17.8 Å². The van der Waals surface area contributed by atoms with Crippen molar-refractivity contribution in [2.75, 3.05) is 11.9 Å². The molecule has 1 N–H and O–H groups in total. The number of unbranched alkanes of at least 4 members (excludes halogenated alkanes) is 3. The van der Waals surface area contributed by atoms with Crippen molar-refractivity contribution < 1.29 is 9.21 Å². The summed E-state index contributed by atoms with van der Waals surface area (Å²) >= 11 is 3.41. The van der Waals surface area contributed by atoms with Gasteiger partial charge in [0.05, 0.1) is 5.56 Å². The molecule has 0 fully saturated rings. The fraction of sp³-hybridized carbons (Fsp3) is 0.643. The molecule has 1 amide bonds. The third kappa shape index (κ3) is 4.16. The second-order valence-corrected chi connectivity index (χ2v) is 5.37. The molecule has 0 aromatic carbocycles. The highest BCUT2D eigenvalue weighted by atomic mass is 79.9. The average Bonchev–Trinajstić information content (AvgIpc) is 2.58. The molecule has 1 heterocycles. The second-order valence-electron chi connectivity index (χ2n) is 4.57. The number of hydrogen-bond acceptors (Lipinski definition) is 2. The topological polar surface area (TPSA) is 42.2 Å². The third-order valence-electron chi connectivity index (χ3n) is 3.13. The fourth-order valence-corrected chi connectivity index (χ4v) is 2.39. The van der Waals surface area contributed by atoms with E-state index >= 15 is 0 Å². The lowest BCUT2D eigenvalue weighted by molar-refractivity contribution is 0.0951. The van der Waals surface area contributed by atoms with Crippen molar-refractivity contribution in [1.82, 2.24) is 5.32 Å². The van der Waals surface area contributed by atoms with Gasteiger partial charge in [-0.15, -0.1) is 0 Å².